The van der Waals surface area contributed by atoms with Crippen LogP contribution in [0, 0.1) is 0 Å². The fraction of sp³-hybridized carbons (Fsp3) is 0.0517. The lowest BCUT2D eigenvalue weighted by Gasteiger charge is -2.26. The predicted octanol–water partition coefficient (Wildman–Crippen LogP) is 14.4. The second-order valence-corrected chi connectivity index (χ2v) is 16.4. The quantitative estimate of drug-likeness (QED) is 0.143. The maximum Gasteiger partial charge on any atom is 0.234 e. The Kier molecular flexibility index (Phi) is 8.90. The summed E-state index contributed by atoms with van der Waals surface area (Å²) in [6.07, 6.45) is 6.56. The molecule has 0 radical (unpaired) electrons. The van der Waals surface area contributed by atoms with Gasteiger partial charge in [0.15, 0.2) is 11.6 Å². The number of nitrogens with zero attached hydrogens (tertiary/aromatic N) is 6. The summed E-state index contributed by atoms with van der Waals surface area (Å²) in [5, 5.41) is 4.69. The highest BCUT2D eigenvalue weighted by Crippen LogP contribution is 2.54. The number of anilines is 2. The summed E-state index contributed by atoms with van der Waals surface area (Å²) >= 11 is 0. The van der Waals surface area contributed by atoms with Gasteiger partial charge in [-0.15, -0.1) is 6.58 Å². The maximum absolute atomic E-state index is 5.34. The van der Waals surface area contributed by atoms with Gasteiger partial charge in [-0.1, -0.05) is 176 Å². The topological polar surface area (TPSA) is 51.8 Å². The fourth-order valence-electron chi connectivity index (χ4n) is 10.0. The average molecular weight is 823 g/mol. The highest BCUT2D eigenvalue weighted by molar-refractivity contribution is 6.17. The fourth-order valence-corrected chi connectivity index (χ4v) is 10.0. The van der Waals surface area contributed by atoms with E-state index in [9.17, 15) is 0 Å². The molecule has 0 saturated heterocycles. The van der Waals surface area contributed by atoms with Crippen LogP contribution in [0.1, 0.15) is 18.4 Å². The Morgan fingerprint density at radius 2 is 0.953 bits per heavy atom. The van der Waals surface area contributed by atoms with Gasteiger partial charge in [-0.3, -0.25) is 0 Å². The largest absolute Gasteiger partial charge is 0.307 e. The molecule has 0 saturated carbocycles. The first kappa shape index (κ1) is 37.4. The van der Waals surface area contributed by atoms with Crippen LogP contribution in [0.5, 0.6) is 0 Å². The van der Waals surface area contributed by atoms with E-state index in [1.165, 1.54) is 27.5 Å². The Hall–Kier alpha value is -8.35. The predicted molar refractivity (Wildman–Crippen MR) is 265 cm³/mol. The lowest BCUT2D eigenvalue weighted by Crippen LogP contribution is -2.29. The molecule has 304 valence electrons. The summed E-state index contributed by atoms with van der Waals surface area (Å²) in [4.78, 5) is 18.1. The molecule has 0 amide bonds. The standard InChI is InChI=1S/C58H42N6/c1-3-20-46-48(4-2)64(58-60-56(40-23-10-6-11-24-40)59-57(61-58)41-25-12-7-13-26-41)52-37-47-45-29-16-17-30-49(45)62(42-35-33-39(34-36-42)38-21-8-5-9-22-38)54(47)55(53(46)52)63-50-31-18-14-27-43(50)44-28-15-19-32-51(44)63/h3-37,46,48H,2H2,1H3/b20-3-. The molecule has 4 heterocycles. The molecule has 12 rings (SSSR count). The van der Waals surface area contributed by atoms with Crippen molar-refractivity contribution in [3.05, 3.63) is 224 Å². The van der Waals surface area contributed by atoms with Crippen molar-refractivity contribution in [1.82, 2.24) is 24.1 Å². The first-order valence-corrected chi connectivity index (χ1v) is 21.9. The van der Waals surface area contributed by atoms with Crippen molar-refractivity contribution in [2.45, 2.75) is 18.9 Å². The minimum Gasteiger partial charge on any atom is -0.307 e. The molecule has 3 aromatic heterocycles. The van der Waals surface area contributed by atoms with Crippen LogP contribution in [-0.2, 0) is 0 Å². The minimum atomic E-state index is -0.232. The van der Waals surface area contributed by atoms with Crippen LogP contribution in [0.4, 0.5) is 11.6 Å². The lowest BCUT2D eigenvalue weighted by atomic mass is 9.91. The van der Waals surface area contributed by atoms with Gasteiger partial charge >= 0.3 is 0 Å². The van der Waals surface area contributed by atoms with Crippen molar-refractivity contribution in [2.75, 3.05) is 4.90 Å². The third kappa shape index (κ3) is 5.83. The Morgan fingerprint density at radius 1 is 0.484 bits per heavy atom. The Labute approximate surface area is 371 Å². The second kappa shape index (κ2) is 15.2. The number of rotatable bonds is 8. The van der Waals surface area contributed by atoms with Crippen LogP contribution in [0.15, 0.2) is 219 Å². The molecule has 6 nitrogen and oxygen atoms in total. The summed E-state index contributed by atoms with van der Waals surface area (Å²) in [5.74, 6) is 1.67. The average Bonchev–Trinajstić information content (AvgIpc) is 3.99. The highest BCUT2D eigenvalue weighted by atomic mass is 15.3. The number of benzene rings is 8. The van der Waals surface area contributed by atoms with E-state index in [0.717, 1.165) is 61.0 Å². The molecular formula is C58H42N6. The molecule has 2 unspecified atom stereocenters. The zero-order valence-corrected chi connectivity index (χ0v) is 35.3. The third-order valence-electron chi connectivity index (χ3n) is 12.8. The number of aromatic nitrogens is 5. The monoisotopic (exact) mass is 822 g/mol. The van der Waals surface area contributed by atoms with Crippen LogP contribution in [0.25, 0.3) is 88.9 Å². The molecule has 0 spiro atoms. The molecule has 11 aromatic rings. The van der Waals surface area contributed by atoms with Crippen molar-refractivity contribution in [1.29, 1.82) is 0 Å². The Balaban J connectivity index is 1.23. The molecule has 0 bridgehead atoms. The van der Waals surface area contributed by atoms with E-state index in [-0.39, 0.29) is 12.0 Å². The summed E-state index contributed by atoms with van der Waals surface area (Å²) in [5.41, 5.74) is 13.2. The zero-order chi connectivity index (χ0) is 42.7. The van der Waals surface area contributed by atoms with Crippen molar-refractivity contribution in [3.8, 4) is 45.3 Å². The van der Waals surface area contributed by atoms with Gasteiger partial charge in [-0.2, -0.15) is 9.97 Å². The van der Waals surface area contributed by atoms with Gasteiger partial charge in [0.2, 0.25) is 5.95 Å². The zero-order valence-electron chi connectivity index (χ0n) is 35.3. The summed E-state index contributed by atoms with van der Waals surface area (Å²) < 4.78 is 4.98. The van der Waals surface area contributed by atoms with E-state index in [1.54, 1.807) is 0 Å². The molecule has 1 aliphatic rings. The molecule has 8 aromatic carbocycles. The van der Waals surface area contributed by atoms with E-state index in [2.05, 4.69) is 203 Å². The highest BCUT2D eigenvalue weighted by Gasteiger charge is 2.42. The van der Waals surface area contributed by atoms with E-state index < -0.39 is 0 Å². The number of para-hydroxylation sites is 3. The maximum atomic E-state index is 5.34. The lowest BCUT2D eigenvalue weighted by molar-refractivity contribution is 0.734. The van der Waals surface area contributed by atoms with E-state index in [4.69, 9.17) is 15.0 Å². The van der Waals surface area contributed by atoms with Crippen molar-refractivity contribution < 1.29 is 0 Å². The smallest absolute Gasteiger partial charge is 0.234 e. The second-order valence-electron chi connectivity index (χ2n) is 16.4. The molecule has 1 aliphatic heterocycles. The normalized spacial score (nSPS) is 14.9. The first-order valence-electron chi connectivity index (χ1n) is 21.9. The molecule has 2 atom stereocenters. The SMILES string of the molecule is C=CC1C(/C=C\C)c2c(cc3c4ccccc4n(-c4ccc(-c5ccccc5)cc4)c3c2-n2c3ccccc3c3ccccc32)N1c1nc(-c2ccccc2)nc(-c2ccccc2)n1. The van der Waals surface area contributed by atoms with Gasteiger partial charge in [-0.05, 0) is 54.4 Å². The molecule has 0 aliphatic carbocycles. The van der Waals surface area contributed by atoms with Gasteiger partial charge in [0.05, 0.1) is 39.5 Å². The minimum absolute atomic E-state index is 0.124. The van der Waals surface area contributed by atoms with E-state index in [0.29, 0.717) is 17.6 Å². The van der Waals surface area contributed by atoms with Crippen molar-refractivity contribution >= 4 is 55.2 Å². The van der Waals surface area contributed by atoms with Gasteiger partial charge in [-0.25, -0.2) is 4.98 Å². The van der Waals surface area contributed by atoms with Crippen LogP contribution in [0.3, 0.4) is 0 Å². The Morgan fingerprint density at radius 3 is 1.48 bits per heavy atom. The van der Waals surface area contributed by atoms with Gasteiger partial charge in [0.1, 0.15) is 0 Å². The van der Waals surface area contributed by atoms with Crippen LogP contribution < -0.4 is 4.90 Å². The summed E-state index contributed by atoms with van der Waals surface area (Å²) in [7, 11) is 0. The van der Waals surface area contributed by atoms with Crippen LogP contribution in [0.2, 0.25) is 0 Å². The number of hydrogen-bond acceptors (Lipinski definition) is 4. The summed E-state index contributed by atoms with van der Waals surface area (Å²) in [6, 6.07) is 68.5. The summed E-state index contributed by atoms with van der Waals surface area (Å²) in [6.45, 7) is 6.64. The molecule has 0 N–H and O–H groups in total. The first-order chi connectivity index (χ1) is 31.7. The van der Waals surface area contributed by atoms with Gasteiger partial charge in [0, 0.05) is 49.8 Å². The number of allylic oxidation sites excluding steroid dienone is 1. The molecular weight excluding hydrogens is 781 g/mol. The number of hydrogen-bond donors (Lipinski definition) is 0. The van der Waals surface area contributed by atoms with Gasteiger partial charge in [0.25, 0.3) is 0 Å². The van der Waals surface area contributed by atoms with Crippen molar-refractivity contribution in [2.24, 2.45) is 0 Å². The van der Waals surface area contributed by atoms with Crippen molar-refractivity contribution in [3.63, 3.8) is 0 Å². The van der Waals surface area contributed by atoms with E-state index >= 15 is 0 Å². The van der Waals surface area contributed by atoms with Gasteiger partial charge < -0.3 is 14.0 Å². The molecule has 0 fully saturated rings. The van der Waals surface area contributed by atoms with Crippen LogP contribution >= 0.6 is 0 Å². The number of fused-ring (bicyclic) bond motifs is 7. The molecule has 6 heteroatoms. The third-order valence-corrected chi connectivity index (χ3v) is 12.8. The molecule has 64 heavy (non-hydrogen) atoms. The Bertz CT molecular complexity index is 3480. The van der Waals surface area contributed by atoms with Crippen LogP contribution in [-0.4, -0.2) is 30.1 Å². The van der Waals surface area contributed by atoms with E-state index in [1.807, 2.05) is 36.4 Å².